The zero-order valence-electron chi connectivity index (χ0n) is 17.3. The molecule has 2 fully saturated rings. The van der Waals surface area contributed by atoms with Crippen LogP contribution in [0.25, 0.3) is 21.8 Å². The highest BCUT2D eigenvalue weighted by molar-refractivity contribution is 6.17. The first-order chi connectivity index (χ1) is 15.2. The number of nitrogens with one attached hydrogen (secondary N) is 1. The molecular formula is C21H22FN5O5. The second-order valence-corrected chi connectivity index (χ2v) is 8.45. The second kappa shape index (κ2) is 6.95. The van der Waals surface area contributed by atoms with Crippen molar-refractivity contribution < 1.29 is 24.2 Å². The number of amides is 1. The molecule has 0 unspecified atom stereocenters. The molecule has 0 spiro atoms. The van der Waals surface area contributed by atoms with Gasteiger partial charge in [-0.3, -0.25) is 9.59 Å². The molecule has 32 heavy (non-hydrogen) atoms. The Balaban J connectivity index is 1.97. The molecule has 1 aromatic carbocycles. The Morgan fingerprint density at radius 2 is 1.84 bits per heavy atom. The van der Waals surface area contributed by atoms with Crippen LogP contribution in [0.15, 0.2) is 11.0 Å². The number of carbonyl (C=O) groups is 2. The van der Waals surface area contributed by atoms with E-state index < -0.39 is 34.4 Å². The van der Waals surface area contributed by atoms with Crippen molar-refractivity contribution in [1.29, 1.82) is 0 Å². The fourth-order valence-corrected chi connectivity index (χ4v) is 4.52. The van der Waals surface area contributed by atoms with Crippen LogP contribution in [-0.2, 0) is 0 Å². The number of pyridine rings is 1. The van der Waals surface area contributed by atoms with Crippen molar-refractivity contribution in [2.75, 3.05) is 38.1 Å². The number of primary amides is 1. The van der Waals surface area contributed by atoms with E-state index in [1.807, 2.05) is 7.05 Å². The van der Waals surface area contributed by atoms with Gasteiger partial charge in [-0.25, -0.2) is 9.18 Å². The molecule has 1 saturated carbocycles. The first-order valence-electron chi connectivity index (χ1n) is 10.3. The quantitative estimate of drug-likeness (QED) is 0.474. The SMILES string of the molecule is CN1CCN(c2c(F)c3c(c(=O)c(C(=O)O)cn3C3CC3)c3[nH]c(C(N)=O)c(O)c23)CC1. The number of aromatic hydroxyl groups is 1. The largest absolute Gasteiger partial charge is 0.505 e. The van der Waals surface area contributed by atoms with Crippen LogP contribution in [0.2, 0.25) is 0 Å². The number of fused-ring (bicyclic) bond motifs is 3. The number of aromatic carboxylic acids is 1. The third kappa shape index (κ3) is 2.84. The molecule has 0 bridgehead atoms. The van der Waals surface area contributed by atoms with Gasteiger partial charge in [0.25, 0.3) is 5.91 Å². The molecule has 1 aliphatic carbocycles. The maximum absolute atomic E-state index is 16.2. The monoisotopic (exact) mass is 443 g/mol. The normalized spacial score (nSPS) is 17.4. The van der Waals surface area contributed by atoms with E-state index in [2.05, 4.69) is 9.88 Å². The molecule has 3 aromatic rings. The molecule has 2 aliphatic rings. The van der Waals surface area contributed by atoms with Crippen LogP contribution in [0.3, 0.4) is 0 Å². The number of anilines is 1. The minimum absolute atomic E-state index is 0.00382. The van der Waals surface area contributed by atoms with Crippen LogP contribution in [0.5, 0.6) is 5.75 Å². The predicted octanol–water partition coefficient (Wildman–Crippen LogP) is 1.21. The third-order valence-electron chi connectivity index (χ3n) is 6.35. The number of hydrogen-bond donors (Lipinski definition) is 4. The fourth-order valence-electron chi connectivity index (χ4n) is 4.52. The lowest BCUT2D eigenvalue weighted by molar-refractivity contribution is 0.0694. The van der Waals surface area contributed by atoms with Gasteiger partial charge in [0.15, 0.2) is 11.6 Å². The molecule has 1 aliphatic heterocycles. The fraction of sp³-hybridized carbons (Fsp3) is 0.381. The number of aromatic amines is 1. The predicted molar refractivity (Wildman–Crippen MR) is 115 cm³/mol. The number of halogens is 1. The summed E-state index contributed by atoms with van der Waals surface area (Å²) in [6.07, 6.45) is 2.63. The summed E-state index contributed by atoms with van der Waals surface area (Å²) in [4.78, 5) is 43.4. The van der Waals surface area contributed by atoms with Gasteiger partial charge in [0, 0.05) is 38.4 Å². The average Bonchev–Trinajstić information content (AvgIpc) is 3.52. The van der Waals surface area contributed by atoms with Gasteiger partial charge in [-0.15, -0.1) is 0 Å². The van der Waals surface area contributed by atoms with E-state index in [0.29, 0.717) is 26.2 Å². The van der Waals surface area contributed by atoms with Gasteiger partial charge in [-0.05, 0) is 19.9 Å². The maximum atomic E-state index is 16.2. The molecule has 2 aromatic heterocycles. The summed E-state index contributed by atoms with van der Waals surface area (Å²) >= 11 is 0. The van der Waals surface area contributed by atoms with Gasteiger partial charge < -0.3 is 35.3 Å². The standard InChI is InChI=1S/C21H22FN5O5/c1-25-4-6-26(7-5-25)16-11-14(24-15(19(11)29)20(23)30)12-17(13(16)22)27(9-2-3-9)8-10(18(12)28)21(31)32/h8-9,24,29H,2-7H2,1H3,(H2,23,30)(H,31,32). The van der Waals surface area contributed by atoms with E-state index in [4.69, 9.17) is 5.73 Å². The lowest BCUT2D eigenvalue weighted by atomic mass is 10.0. The van der Waals surface area contributed by atoms with Crippen molar-refractivity contribution in [3.05, 3.63) is 33.5 Å². The Bertz CT molecular complexity index is 1370. The van der Waals surface area contributed by atoms with Gasteiger partial charge >= 0.3 is 5.97 Å². The molecular weight excluding hydrogens is 421 g/mol. The van der Waals surface area contributed by atoms with Crippen LogP contribution >= 0.6 is 0 Å². The maximum Gasteiger partial charge on any atom is 0.341 e. The van der Waals surface area contributed by atoms with E-state index in [-0.39, 0.29) is 39.2 Å². The second-order valence-electron chi connectivity index (χ2n) is 8.45. The summed E-state index contributed by atoms with van der Waals surface area (Å²) in [5, 5.41) is 20.1. The van der Waals surface area contributed by atoms with Crippen LogP contribution in [0, 0.1) is 5.82 Å². The Hall–Kier alpha value is -3.60. The van der Waals surface area contributed by atoms with Gasteiger partial charge in [0.05, 0.1) is 27.5 Å². The molecule has 0 radical (unpaired) electrons. The topological polar surface area (TPSA) is 145 Å². The lowest BCUT2D eigenvalue weighted by Gasteiger charge is -2.35. The first kappa shape index (κ1) is 20.3. The highest BCUT2D eigenvalue weighted by Gasteiger charge is 2.34. The molecule has 11 heteroatoms. The molecule has 5 rings (SSSR count). The average molecular weight is 443 g/mol. The van der Waals surface area contributed by atoms with E-state index in [1.54, 1.807) is 4.90 Å². The summed E-state index contributed by atoms with van der Waals surface area (Å²) in [7, 11) is 1.95. The number of H-pyrrole nitrogens is 1. The minimum atomic E-state index is -1.44. The van der Waals surface area contributed by atoms with Crippen molar-refractivity contribution in [2.24, 2.45) is 5.73 Å². The number of aromatic nitrogens is 2. The Kier molecular flexibility index (Phi) is 4.41. The highest BCUT2D eigenvalue weighted by Crippen LogP contribution is 2.45. The molecule has 1 amide bonds. The minimum Gasteiger partial charge on any atom is -0.505 e. The molecule has 10 nitrogen and oxygen atoms in total. The van der Waals surface area contributed by atoms with Crippen LogP contribution in [-0.4, -0.2) is 69.8 Å². The highest BCUT2D eigenvalue weighted by atomic mass is 19.1. The summed E-state index contributed by atoms with van der Waals surface area (Å²) < 4.78 is 17.7. The molecule has 3 heterocycles. The number of carbonyl (C=O) groups excluding carboxylic acids is 1. The van der Waals surface area contributed by atoms with E-state index in [0.717, 1.165) is 12.8 Å². The zero-order valence-corrected chi connectivity index (χ0v) is 17.3. The number of piperazine rings is 1. The number of nitrogens with two attached hydrogens (primary N) is 1. The van der Waals surface area contributed by atoms with Gasteiger partial charge in [0.1, 0.15) is 11.3 Å². The van der Waals surface area contributed by atoms with Gasteiger partial charge in [-0.1, -0.05) is 0 Å². The Morgan fingerprint density at radius 3 is 2.41 bits per heavy atom. The van der Waals surface area contributed by atoms with Gasteiger partial charge in [-0.2, -0.15) is 0 Å². The van der Waals surface area contributed by atoms with Crippen molar-refractivity contribution in [1.82, 2.24) is 14.5 Å². The Morgan fingerprint density at radius 1 is 1.19 bits per heavy atom. The summed E-state index contributed by atoms with van der Waals surface area (Å²) in [6, 6.07) is -0.136. The number of benzene rings is 1. The van der Waals surface area contributed by atoms with E-state index >= 15 is 4.39 Å². The smallest absolute Gasteiger partial charge is 0.341 e. The third-order valence-corrected chi connectivity index (χ3v) is 6.35. The number of hydrogen-bond acceptors (Lipinski definition) is 6. The summed E-state index contributed by atoms with van der Waals surface area (Å²) in [5.41, 5.74) is 3.66. The van der Waals surface area contributed by atoms with Crippen molar-refractivity contribution in [2.45, 2.75) is 18.9 Å². The molecule has 5 N–H and O–H groups in total. The van der Waals surface area contributed by atoms with Crippen molar-refractivity contribution in [3.8, 4) is 5.75 Å². The van der Waals surface area contributed by atoms with E-state index in [9.17, 15) is 24.6 Å². The van der Waals surface area contributed by atoms with Crippen LogP contribution in [0.4, 0.5) is 10.1 Å². The number of carboxylic acids is 1. The van der Waals surface area contributed by atoms with Gasteiger partial charge in [0.2, 0.25) is 5.43 Å². The van der Waals surface area contributed by atoms with Crippen LogP contribution < -0.4 is 16.1 Å². The molecule has 168 valence electrons. The lowest BCUT2D eigenvalue weighted by Crippen LogP contribution is -2.45. The number of rotatable bonds is 4. The Labute approximate surface area is 180 Å². The number of nitrogens with zero attached hydrogens (tertiary/aromatic N) is 3. The molecule has 1 saturated heterocycles. The van der Waals surface area contributed by atoms with E-state index in [1.165, 1.54) is 10.8 Å². The summed E-state index contributed by atoms with van der Waals surface area (Å²) in [5.74, 6) is -3.70. The van der Waals surface area contributed by atoms with Crippen LogP contribution in [0.1, 0.15) is 39.7 Å². The van der Waals surface area contributed by atoms with Crippen molar-refractivity contribution in [3.63, 3.8) is 0 Å². The zero-order chi connectivity index (χ0) is 22.9. The number of carboxylic acid groups (broad SMARTS) is 1. The van der Waals surface area contributed by atoms with Crippen molar-refractivity contribution >= 4 is 39.4 Å². The first-order valence-corrected chi connectivity index (χ1v) is 10.3. The summed E-state index contributed by atoms with van der Waals surface area (Å²) in [6.45, 7) is 2.23. The number of likely N-dealkylation sites (N-methyl/N-ethyl adjacent to an activating group) is 1. The molecule has 0 atom stereocenters.